The zero-order valence-corrected chi connectivity index (χ0v) is 11.7. The summed E-state index contributed by atoms with van der Waals surface area (Å²) < 4.78 is 8.84. The van der Waals surface area contributed by atoms with E-state index in [9.17, 15) is 0 Å². The van der Waals surface area contributed by atoms with Crippen LogP contribution in [-0.2, 0) is 17.9 Å². The number of rotatable bonds is 7. The average molecular weight is 322 g/mol. The van der Waals surface area contributed by atoms with E-state index in [1.807, 2.05) is 6.20 Å². The van der Waals surface area contributed by atoms with Crippen molar-refractivity contribution in [3.05, 3.63) is 15.5 Å². The van der Waals surface area contributed by atoms with Gasteiger partial charge in [0, 0.05) is 13.2 Å². The highest BCUT2D eigenvalue weighted by atomic mass is 127. The van der Waals surface area contributed by atoms with E-state index >= 15 is 0 Å². The molecule has 3 nitrogen and oxygen atoms in total. The van der Waals surface area contributed by atoms with Gasteiger partial charge in [0.2, 0.25) is 0 Å². The Balaban J connectivity index is 2.54. The second kappa shape index (κ2) is 7.22. The van der Waals surface area contributed by atoms with Gasteiger partial charge < -0.3 is 4.74 Å². The Kier molecular flexibility index (Phi) is 6.24. The van der Waals surface area contributed by atoms with E-state index in [4.69, 9.17) is 4.74 Å². The van der Waals surface area contributed by atoms with Crippen LogP contribution >= 0.6 is 22.6 Å². The van der Waals surface area contributed by atoms with E-state index < -0.39 is 0 Å². The van der Waals surface area contributed by atoms with Crippen LogP contribution in [0.3, 0.4) is 0 Å². The van der Waals surface area contributed by atoms with Crippen molar-refractivity contribution in [2.75, 3.05) is 6.61 Å². The standard InChI is InChI=1S/C11H19IN2O/c1-3-5-6-14-11(9-15-7-4-2)10(12)8-13-14/h8H,3-7,9H2,1-2H3. The summed E-state index contributed by atoms with van der Waals surface area (Å²) in [5, 5.41) is 4.36. The lowest BCUT2D eigenvalue weighted by Crippen LogP contribution is -2.07. The van der Waals surface area contributed by atoms with E-state index in [0.29, 0.717) is 6.61 Å². The van der Waals surface area contributed by atoms with Gasteiger partial charge in [0.15, 0.2) is 0 Å². The maximum atomic E-state index is 5.56. The minimum Gasteiger partial charge on any atom is -0.375 e. The predicted octanol–water partition coefficient (Wildman–Crippen LogP) is 3.21. The molecule has 0 aromatic carbocycles. The maximum absolute atomic E-state index is 5.56. The Morgan fingerprint density at radius 2 is 2.20 bits per heavy atom. The molecule has 0 aliphatic carbocycles. The van der Waals surface area contributed by atoms with Gasteiger partial charge in [0.25, 0.3) is 0 Å². The third kappa shape index (κ3) is 4.10. The Bertz CT molecular complexity index is 286. The fourth-order valence-corrected chi connectivity index (χ4v) is 1.90. The highest BCUT2D eigenvalue weighted by Crippen LogP contribution is 2.13. The molecular formula is C11H19IN2O. The van der Waals surface area contributed by atoms with Crippen molar-refractivity contribution in [1.82, 2.24) is 9.78 Å². The smallest absolute Gasteiger partial charge is 0.0895 e. The third-order valence-corrected chi connectivity index (χ3v) is 3.11. The molecule has 0 saturated heterocycles. The third-order valence-electron chi connectivity index (χ3n) is 2.21. The van der Waals surface area contributed by atoms with Gasteiger partial charge in [-0.1, -0.05) is 20.3 Å². The SMILES string of the molecule is CCCCn1ncc(I)c1COCCC. The molecule has 0 aliphatic heterocycles. The van der Waals surface area contributed by atoms with Crippen molar-refractivity contribution in [3.8, 4) is 0 Å². The van der Waals surface area contributed by atoms with Crippen molar-refractivity contribution in [2.24, 2.45) is 0 Å². The molecule has 86 valence electrons. The van der Waals surface area contributed by atoms with Crippen LogP contribution in [0.25, 0.3) is 0 Å². The molecule has 4 heteroatoms. The van der Waals surface area contributed by atoms with Gasteiger partial charge in [0.1, 0.15) is 0 Å². The Morgan fingerprint density at radius 3 is 2.87 bits per heavy atom. The highest BCUT2D eigenvalue weighted by molar-refractivity contribution is 14.1. The number of halogens is 1. The first kappa shape index (κ1) is 13.0. The number of aromatic nitrogens is 2. The summed E-state index contributed by atoms with van der Waals surface area (Å²) in [6, 6.07) is 0. The molecule has 1 aromatic heterocycles. The molecule has 1 aromatic rings. The summed E-state index contributed by atoms with van der Waals surface area (Å²) in [6.07, 6.45) is 5.37. The lowest BCUT2D eigenvalue weighted by Gasteiger charge is -2.07. The zero-order chi connectivity index (χ0) is 11.1. The molecule has 15 heavy (non-hydrogen) atoms. The molecular weight excluding hydrogens is 303 g/mol. The van der Waals surface area contributed by atoms with Crippen LogP contribution in [0.5, 0.6) is 0 Å². The second-order valence-electron chi connectivity index (χ2n) is 3.57. The van der Waals surface area contributed by atoms with Gasteiger partial charge in [0.05, 0.1) is 22.1 Å². The van der Waals surface area contributed by atoms with Crippen molar-refractivity contribution in [2.45, 2.75) is 46.3 Å². The zero-order valence-electron chi connectivity index (χ0n) is 9.50. The van der Waals surface area contributed by atoms with Crippen LogP contribution < -0.4 is 0 Å². The van der Waals surface area contributed by atoms with Gasteiger partial charge in [-0.05, 0) is 35.4 Å². The molecule has 1 heterocycles. The van der Waals surface area contributed by atoms with Crippen LogP contribution in [0.1, 0.15) is 38.8 Å². The van der Waals surface area contributed by atoms with Crippen molar-refractivity contribution in [1.29, 1.82) is 0 Å². The van der Waals surface area contributed by atoms with E-state index in [1.54, 1.807) is 0 Å². The first-order valence-corrected chi connectivity index (χ1v) is 6.65. The number of unbranched alkanes of at least 4 members (excludes halogenated alkanes) is 1. The number of ether oxygens (including phenoxy) is 1. The van der Waals surface area contributed by atoms with Crippen molar-refractivity contribution < 1.29 is 4.74 Å². The molecule has 0 atom stereocenters. The molecule has 0 radical (unpaired) electrons. The molecule has 0 amide bonds. The summed E-state index contributed by atoms with van der Waals surface area (Å²) >= 11 is 2.32. The van der Waals surface area contributed by atoms with E-state index in [0.717, 1.165) is 19.6 Å². The van der Waals surface area contributed by atoms with Gasteiger partial charge in [-0.3, -0.25) is 4.68 Å². The maximum Gasteiger partial charge on any atom is 0.0895 e. The normalized spacial score (nSPS) is 10.9. The summed E-state index contributed by atoms with van der Waals surface area (Å²) in [5.74, 6) is 0. The molecule has 0 unspecified atom stereocenters. The van der Waals surface area contributed by atoms with Crippen LogP contribution in [0.4, 0.5) is 0 Å². The summed E-state index contributed by atoms with van der Waals surface area (Å²) in [7, 11) is 0. The Hall–Kier alpha value is -0.100. The Labute approximate surface area is 105 Å². The van der Waals surface area contributed by atoms with Crippen LogP contribution in [-0.4, -0.2) is 16.4 Å². The van der Waals surface area contributed by atoms with Crippen molar-refractivity contribution >= 4 is 22.6 Å². The number of hydrogen-bond donors (Lipinski definition) is 0. The van der Waals surface area contributed by atoms with Gasteiger partial charge in [-0.2, -0.15) is 5.10 Å². The average Bonchev–Trinajstić information content (AvgIpc) is 2.58. The first-order chi connectivity index (χ1) is 7.29. The molecule has 0 N–H and O–H groups in total. The molecule has 0 saturated carbocycles. The number of hydrogen-bond acceptors (Lipinski definition) is 2. The lowest BCUT2D eigenvalue weighted by atomic mass is 10.3. The lowest BCUT2D eigenvalue weighted by molar-refractivity contribution is 0.115. The van der Waals surface area contributed by atoms with Crippen LogP contribution in [0.2, 0.25) is 0 Å². The molecule has 0 aliphatic rings. The van der Waals surface area contributed by atoms with Gasteiger partial charge in [-0.25, -0.2) is 0 Å². The van der Waals surface area contributed by atoms with Crippen LogP contribution in [0, 0.1) is 3.57 Å². The van der Waals surface area contributed by atoms with Gasteiger partial charge >= 0.3 is 0 Å². The highest BCUT2D eigenvalue weighted by Gasteiger charge is 2.07. The summed E-state index contributed by atoms with van der Waals surface area (Å²) in [5.41, 5.74) is 1.22. The van der Waals surface area contributed by atoms with E-state index in [1.165, 1.54) is 22.1 Å². The van der Waals surface area contributed by atoms with E-state index in [-0.39, 0.29) is 0 Å². The summed E-state index contributed by atoms with van der Waals surface area (Å²) in [4.78, 5) is 0. The molecule has 0 spiro atoms. The number of nitrogens with zero attached hydrogens (tertiary/aromatic N) is 2. The van der Waals surface area contributed by atoms with Crippen molar-refractivity contribution in [3.63, 3.8) is 0 Å². The van der Waals surface area contributed by atoms with Crippen LogP contribution in [0.15, 0.2) is 6.20 Å². The molecule has 1 rings (SSSR count). The minimum atomic E-state index is 0.690. The first-order valence-electron chi connectivity index (χ1n) is 5.57. The fraction of sp³-hybridized carbons (Fsp3) is 0.727. The quantitative estimate of drug-likeness (QED) is 0.569. The molecule has 0 fully saturated rings. The largest absolute Gasteiger partial charge is 0.375 e. The fourth-order valence-electron chi connectivity index (χ4n) is 1.35. The monoisotopic (exact) mass is 322 g/mol. The predicted molar refractivity (Wildman–Crippen MR) is 69.8 cm³/mol. The summed E-state index contributed by atoms with van der Waals surface area (Å²) in [6.45, 7) is 6.84. The topological polar surface area (TPSA) is 27.1 Å². The minimum absolute atomic E-state index is 0.690. The van der Waals surface area contributed by atoms with E-state index in [2.05, 4.69) is 46.2 Å². The van der Waals surface area contributed by atoms with Gasteiger partial charge in [-0.15, -0.1) is 0 Å². The Morgan fingerprint density at radius 1 is 1.40 bits per heavy atom. The second-order valence-corrected chi connectivity index (χ2v) is 4.73. The number of aryl methyl sites for hydroxylation is 1. The molecule has 0 bridgehead atoms.